The van der Waals surface area contributed by atoms with Gasteiger partial charge in [0.25, 0.3) is 5.91 Å². The van der Waals surface area contributed by atoms with Crippen LogP contribution in [-0.2, 0) is 0 Å². The second-order valence-electron chi connectivity index (χ2n) is 6.14. The Morgan fingerprint density at radius 2 is 1.77 bits per heavy atom. The molecule has 3 rings (SSSR count). The van der Waals surface area contributed by atoms with E-state index < -0.39 is 0 Å². The number of hydrogen-bond donors (Lipinski definition) is 2. The van der Waals surface area contributed by atoms with E-state index in [2.05, 4.69) is 15.5 Å². The van der Waals surface area contributed by atoms with Crippen LogP contribution < -0.4 is 15.4 Å². The Kier molecular flexibility index (Phi) is 8.41. The maximum absolute atomic E-state index is 12.3. The van der Waals surface area contributed by atoms with Gasteiger partial charge in [0.15, 0.2) is 0 Å². The van der Waals surface area contributed by atoms with Gasteiger partial charge in [0, 0.05) is 38.3 Å². The summed E-state index contributed by atoms with van der Waals surface area (Å²) in [4.78, 5) is 14.7. The summed E-state index contributed by atoms with van der Waals surface area (Å²) in [5.41, 5.74) is 0.621. The van der Waals surface area contributed by atoms with Crippen LogP contribution in [-0.4, -0.2) is 50.1 Å². The summed E-state index contributed by atoms with van der Waals surface area (Å²) < 4.78 is 5.78. The molecule has 1 saturated heterocycles. The molecule has 0 spiro atoms. The summed E-state index contributed by atoms with van der Waals surface area (Å²) in [5, 5.41) is 6.34. The van der Waals surface area contributed by atoms with Gasteiger partial charge in [0.1, 0.15) is 11.5 Å². The van der Waals surface area contributed by atoms with Crippen molar-refractivity contribution < 1.29 is 9.53 Å². The Morgan fingerprint density at radius 1 is 1.04 bits per heavy atom. The highest BCUT2D eigenvalue weighted by molar-refractivity contribution is 5.94. The molecule has 0 bridgehead atoms. The van der Waals surface area contributed by atoms with Crippen molar-refractivity contribution >= 4 is 18.3 Å². The van der Waals surface area contributed by atoms with Crippen LogP contribution in [0.4, 0.5) is 0 Å². The van der Waals surface area contributed by atoms with Crippen LogP contribution in [0.1, 0.15) is 16.8 Å². The Balaban J connectivity index is 0.00000243. The van der Waals surface area contributed by atoms with Crippen LogP contribution in [0.25, 0.3) is 0 Å². The van der Waals surface area contributed by atoms with Crippen LogP contribution in [0, 0.1) is 0 Å². The van der Waals surface area contributed by atoms with E-state index in [1.165, 1.54) is 0 Å². The molecule has 1 heterocycles. The Morgan fingerprint density at radius 3 is 2.54 bits per heavy atom. The lowest BCUT2D eigenvalue weighted by Crippen LogP contribution is -2.44. The first-order valence-electron chi connectivity index (χ1n) is 8.85. The van der Waals surface area contributed by atoms with Crippen LogP contribution in [0.5, 0.6) is 11.5 Å². The summed E-state index contributed by atoms with van der Waals surface area (Å²) >= 11 is 0. The number of benzene rings is 2. The Labute approximate surface area is 161 Å². The largest absolute Gasteiger partial charge is 0.457 e. The van der Waals surface area contributed by atoms with Gasteiger partial charge in [-0.3, -0.25) is 4.79 Å². The quantitative estimate of drug-likeness (QED) is 0.730. The molecule has 6 heteroatoms. The molecular weight excluding hydrogens is 350 g/mol. The molecular formula is C20H26ClN3O2. The van der Waals surface area contributed by atoms with Gasteiger partial charge in [-0.1, -0.05) is 24.3 Å². The van der Waals surface area contributed by atoms with Gasteiger partial charge < -0.3 is 20.3 Å². The lowest BCUT2D eigenvalue weighted by Gasteiger charge is -2.27. The van der Waals surface area contributed by atoms with Gasteiger partial charge in [0.2, 0.25) is 0 Å². The summed E-state index contributed by atoms with van der Waals surface area (Å²) in [6, 6.07) is 16.8. The van der Waals surface area contributed by atoms with E-state index in [1.807, 2.05) is 48.5 Å². The normalized spacial score (nSPS) is 14.3. The predicted octanol–water partition coefficient (Wildman–Crippen LogP) is 2.93. The fraction of sp³-hybridized carbons (Fsp3) is 0.350. The van der Waals surface area contributed by atoms with Gasteiger partial charge in [0.05, 0.1) is 0 Å². The third-order valence-corrected chi connectivity index (χ3v) is 4.22. The first kappa shape index (κ1) is 20.2. The van der Waals surface area contributed by atoms with Gasteiger partial charge in [-0.25, -0.2) is 0 Å². The molecule has 0 aliphatic carbocycles. The first-order chi connectivity index (χ1) is 12.3. The molecule has 0 radical (unpaired) electrons. The van der Waals surface area contributed by atoms with E-state index in [9.17, 15) is 4.79 Å². The number of carbonyl (C=O) groups excluding carboxylic acids is 1. The Hall–Kier alpha value is -2.08. The number of amides is 1. The number of hydrogen-bond acceptors (Lipinski definition) is 4. The zero-order chi connectivity index (χ0) is 17.3. The molecule has 26 heavy (non-hydrogen) atoms. The second-order valence-corrected chi connectivity index (χ2v) is 6.14. The van der Waals surface area contributed by atoms with E-state index in [1.54, 1.807) is 6.07 Å². The summed E-state index contributed by atoms with van der Waals surface area (Å²) in [7, 11) is 0. The van der Waals surface area contributed by atoms with Gasteiger partial charge in [-0.15, -0.1) is 12.4 Å². The van der Waals surface area contributed by atoms with Crippen LogP contribution in [0.2, 0.25) is 0 Å². The minimum atomic E-state index is -0.0566. The molecule has 0 saturated carbocycles. The Bertz CT molecular complexity index is 676. The first-order valence-corrected chi connectivity index (χ1v) is 8.85. The number of halogens is 1. The molecule has 1 amide bonds. The van der Waals surface area contributed by atoms with Crippen LogP contribution in [0.3, 0.4) is 0 Å². The van der Waals surface area contributed by atoms with Gasteiger partial charge in [-0.05, 0) is 43.3 Å². The lowest BCUT2D eigenvalue weighted by molar-refractivity contribution is 0.0951. The molecule has 1 fully saturated rings. The van der Waals surface area contributed by atoms with Crippen molar-refractivity contribution in [3.63, 3.8) is 0 Å². The lowest BCUT2D eigenvalue weighted by atomic mass is 10.2. The summed E-state index contributed by atoms with van der Waals surface area (Å²) in [6.45, 7) is 6.01. The number of carbonyl (C=O) groups is 1. The summed E-state index contributed by atoms with van der Waals surface area (Å²) in [6.07, 6.45) is 0.964. The molecule has 2 N–H and O–H groups in total. The van der Waals surface area contributed by atoms with Crippen molar-refractivity contribution in [2.45, 2.75) is 6.42 Å². The number of rotatable bonds is 7. The maximum atomic E-state index is 12.3. The number of nitrogens with one attached hydrogen (secondary N) is 2. The van der Waals surface area contributed by atoms with E-state index >= 15 is 0 Å². The molecule has 140 valence electrons. The van der Waals surface area contributed by atoms with Gasteiger partial charge >= 0.3 is 0 Å². The SMILES string of the molecule is Cl.O=C(NCCCN1CCNCC1)c1cccc(Oc2ccccc2)c1. The zero-order valence-corrected chi connectivity index (χ0v) is 15.6. The standard InChI is InChI=1S/C20H25N3O2.ClH/c24-20(22-10-5-13-23-14-11-21-12-15-23)17-6-4-9-19(16-17)25-18-7-2-1-3-8-18;/h1-4,6-9,16,21H,5,10-15H2,(H,22,24);1H. The fourth-order valence-corrected chi connectivity index (χ4v) is 2.87. The average molecular weight is 376 g/mol. The third-order valence-electron chi connectivity index (χ3n) is 4.22. The van der Waals surface area contributed by atoms with E-state index in [4.69, 9.17) is 4.74 Å². The van der Waals surface area contributed by atoms with Crippen molar-refractivity contribution in [3.05, 3.63) is 60.2 Å². The van der Waals surface area contributed by atoms with Crippen molar-refractivity contribution in [3.8, 4) is 11.5 Å². The molecule has 0 aromatic heterocycles. The van der Waals surface area contributed by atoms with E-state index in [0.717, 1.165) is 44.9 Å². The molecule has 1 aliphatic rings. The minimum Gasteiger partial charge on any atom is -0.457 e. The minimum absolute atomic E-state index is 0. The fourth-order valence-electron chi connectivity index (χ4n) is 2.87. The highest BCUT2D eigenvalue weighted by Crippen LogP contribution is 2.21. The third kappa shape index (κ3) is 6.33. The van der Waals surface area contributed by atoms with E-state index in [0.29, 0.717) is 17.9 Å². The molecule has 5 nitrogen and oxygen atoms in total. The van der Waals surface area contributed by atoms with Crippen molar-refractivity contribution in [2.75, 3.05) is 39.3 Å². The number of para-hydroxylation sites is 1. The van der Waals surface area contributed by atoms with Crippen LogP contribution >= 0.6 is 12.4 Å². The summed E-state index contributed by atoms with van der Waals surface area (Å²) in [5.74, 6) is 1.37. The predicted molar refractivity (Wildman–Crippen MR) is 106 cm³/mol. The topological polar surface area (TPSA) is 53.6 Å². The molecule has 2 aromatic carbocycles. The van der Waals surface area contributed by atoms with Gasteiger partial charge in [-0.2, -0.15) is 0 Å². The monoisotopic (exact) mass is 375 g/mol. The number of nitrogens with zero attached hydrogens (tertiary/aromatic N) is 1. The average Bonchev–Trinajstić information content (AvgIpc) is 2.67. The van der Waals surface area contributed by atoms with Crippen molar-refractivity contribution in [2.24, 2.45) is 0 Å². The molecule has 0 unspecified atom stereocenters. The van der Waals surface area contributed by atoms with Crippen molar-refractivity contribution in [1.29, 1.82) is 0 Å². The molecule has 1 aliphatic heterocycles. The maximum Gasteiger partial charge on any atom is 0.251 e. The smallest absolute Gasteiger partial charge is 0.251 e. The number of piperazine rings is 1. The molecule has 0 atom stereocenters. The van der Waals surface area contributed by atoms with E-state index in [-0.39, 0.29) is 18.3 Å². The number of ether oxygens (including phenoxy) is 1. The van der Waals surface area contributed by atoms with Crippen molar-refractivity contribution in [1.82, 2.24) is 15.5 Å². The second kappa shape index (κ2) is 10.8. The molecule has 2 aromatic rings. The highest BCUT2D eigenvalue weighted by atomic mass is 35.5. The highest BCUT2D eigenvalue weighted by Gasteiger charge is 2.10. The zero-order valence-electron chi connectivity index (χ0n) is 14.8. The van der Waals surface area contributed by atoms with Crippen LogP contribution in [0.15, 0.2) is 54.6 Å².